The number of aromatic nitrogens is 1. The van der Waals surface area contributed by atoms with Gasteiger partial charge in [-0.25, -0.2) is 9.37 Å². The van der Waals surface area contributed by atoms with Gasteiger partial charge in [0.05, 0.1) is 0 Å². The summed E-state index contributed by atoms with van der Waals surface area (Å²) in [7, 11) is 0. The summed E-state index contributed by atoms with van der Waals surface area (Å²) in [5.41, 5.74) is 5.88. The lowest BCUT2D eigenvalue weighted by Crippen LogP contribution is -2.31. The number of nitrogens with two attached hydrogens (primary N) is 1. The molecule has 0 spiro atoms. The van der Waals surface area contributed by atoms with Gasteiger partial charge in [-0.05, 0) is 40.8 Å². The lowest BCUT2D eigenvalue weighted by atomic mass is 10.2. The van der Waals surface area contributed by atoms with Crippen molar-refractivity contribution in [3.8, 4) is 0 Å². The predicted octanol–water partition coefficient (Wildman–Crippen LogP) is 2.13. The smallest absolute Gasteiger partial charge is 0.166 e. The third-order valence-electron chi connectivity index (χ3n) is 2.54. The Kier molecular flexibility index (Phi) is 3.21. The third-order valence-corrected chi connectivity index (χ3v) is 2.97. The Morgan fingerprint density at radius 2 is 2.40 bits per heavy atom. The minimum Gasteiger partial charge on any atom is -0.366 e. The van der Waals surface area contributed by atoms with Gasteiger partial charge in [0.2, 0.25) is 0 Å². The van der Waals surface area contributed by atoms with Crippen molar-refractivity contribution in [3.63, 3.8) is 0 Å². The molecule has 1 aromatic rings. The quantitative estimate of drug-likeness (QED) is 0.884. The highest BCUT2D eigenvalue weighted by molar-refractivity contribution is 9.10. The topological polar surface area (TPSA) is 50.9 Å². The highest BCUT2D eigenvalue weighted by Crippen LogP contribution is 2.31. The molecule has 1 fully saturated rings. The molecule has 0 amide bonds. The maximum Gasteiger partial charge on any atom is 0.166 e. The van der Waals surface area contributed by atoms with Gasteiger partial charge in [-0.15, -0.1) is 0 Å². The largest absolute Gasteiger partial charge is 0.366 e. The SMILES string of the molecule is NC(CNc1ncc(Br)cc1F)C1CC1. The van der Waals surface area contributed by atoms with Gasteiger partial charge in [0.15, 0.2) is 11.6 Å². The van der Waals surface area contributed by atoms with E-state index in [1.54, 1.807) is 6.20 Å². The molecule has 0 aliphatic heterocycles. The molecule has 0 bridgehead atoms. The van der Waals surface area contributed by atoms with Gasteiger partial charge in [-0.3, -0.25) is 0 Å². The normalized spacial score (nSPS) is 17.5. The molecule has 82 valence electrons. The molecule has 0 aromatic carbocycles. The van der Waals surface area contributed by atoms with Crippen LogP contribution < -0.4 is 11.1 Å². The highest BCUT2D eigenvalue weighted by Gasteiger charge is 2.28. The van der Waals surface area contributed by atoms with Crippen LogP contribution >= 0.6 is 15.9 Å². The zero-order valence-electron chi connectivity index (χ0n) is 8.21. The molecule has 2 rings (SSSR count). The molecule has 3 nitrogen and oxygen atoms in total. The number of rotatable bonds is 4. The van der Waals surface area contributed by atoms with Gasteiger partial charge >= 0.3 is 0 Å². The van der Waals surface area contributed by atoms with Gasteiger partial charge in [0, 0.05) is 23.3 Å². The highest BCUT2D eigenvalue weighted by atomic mass is 79.9. The van der Waals surface area contributed by atoms with Crippen LogP contribution in [0.5, 0.6) is 0 Å². The second-order valence-electron chi connectivity index (χ2n) is 3.87. The van der Waals surface area contributed by atoms with Crippen LogP contribution in [0.4, 0.5) is 10.2 Å². The number of nitrogens with one attached hydrogen (secondary N) is 1. The molecule has 5 heteroatoms. The average Bonchev–Trinajstić information content (AvgIpc) is 2.99. The first-order chi connectivity index (χ1) is 7.16. The Morgan fingerprint density at radius 3 is 3.00 bits per heavy atom. The van der Waals surface area contributed by atoms with Crippen LogP contribution in [0.2, 0.25) is 0 Å². The summed E-state index contributed by atoms with van der Waals surface area (Å²) in [5, 5.41) is 2.93. The van der Waals surface area contributed by atoms with Crippen molar-refractivity contribution in [2.75, 3.05) is 11.9 Å². The van der Waals surface area contributed by atoms with E-state index in [0.29, 0.717) is 16.9 Å². The van der Waals surface area contributed by atoms with Crippen LogP contribution in [0.3, 0.4) is 0 Å². The number of nitrogens with zero attached hydrogens (tertiary/aromatic N) is 1. The minimum atomic E-state index is -0.354. The Hall–Kier alpha value is -0.680. The fourth-order valence-corrected chi connectivity index (χ4v) is 1.75. The molecule has 1 aromatic heterocycles. The van der Waals surface area contributed by atoms with Crippen LogP contribution in [-0.2, 0) is 0 Å². The summed E-state index contributed by atoms with van der Waals surface area (Å²) in [6, 6.07) is 1.49. The van der Waals surface area contributed by atoms with Crippen molar-refractivity contribution in [2.24, 2.45) is 11.7 Å². The van der Waals surface area contributed by atoms with Crippen LogP contribution in [-0.4, -0.2) is 17.6 Å². The maximum atomic E-state index is 13.3. The Bertz CT molecular complexity index is 355. The number of hydrogen-bond donors (Lipinski definition) is 2. The van der Waals surface area contributed by atoms with Crippen LogP contribution in [0.25, 0.3) is 0 Å². The molecule has 1 heterocycles. The van der Waals surface area contributed by atoms with Gasteiger partial charge in [0.25, 0.3) is 0 Å². The molecule has 1 atom stereocenters. The Morgan fingerprint density at radius 1 is 1.67 bits per heavy atom. The summed E-state index contributed by atoms with van der Waals surface area (Å²) in [4.78, 5) is 3.94. The van der Waals surface area contributed by atoms with E-state index < -0.39 is 0 Å². The third kappa shape index (κ3) is 2.89. The van der Waals surface area contributed by atoms with E-state index in [4.69, 9.17) is 5.73 Å². The Labute approximate surface area is 96.4 Å². The molecular weight excluding hydrogens is 261 g/mol. The predicted molar refractivity (Wildman–Crippen MR) is 61.1 cm³/mol. The zero-order chi connectivity index (χ0) is 10.8. The van der Waals surface area contributed by atoms with Gasteiger partial charge in [0.1, 0.15) is 0 Å². The average molecular weight is 274 g/mol. The van der Waals surface area contributed by atoms with Gasteiger partial charge in [-0.1, -0.05) is 0 Å². The number of pyridine rings is 1. The molecule has 1 saturated carbocycles. The van der Waals surface area contributed by atoms with E-state index >= 15 is 0 Å². The van der Waals surface area contributed by atoms with E-state index in [1.165, 1.54) is 18.9 Å². The maximum absolute atomic E-state index is 13.3. The molecule has 1 aliphatic rings. The molecule has 0 radical (unpaired) electrons. The Balaban J connectivity index is 1.92. The van der Waals surface area contributed by atoms with Crippen LogP contribution in [0, 0.1) is 11.7 Å². The molecule has 3 N–H and O–H groups in total. The van der Waals surface area contributed by atoms with Crippen LogP contribution in [0.1, 0.15) is 12.8 Å². The second-order valence-corrected chi connectivity index (χ2v) is 4.78. The van der Waals surface area contributed by atoms with E-state index in [2.05, 4.69) is 26.2 Å². The number of halogens is 2. The molecular formula is C10H13BrFN3. The standard InChI is InChI=1S/C10H13BrFN3/c11-7-3-8(12)10(14-4-7)15-5-9(13)6-1-2-6/h3-4,6,9H,1-2,5,13H2,(H,14,15). The fraction of sp³-hybridized carbons (Fsp3) is 0.500. The van der Waals surface area contributed by atoms with Gasteiger partial charge < -0.3 is 11.1 Å². The summed E-state index contributed by atoms with van der Waals surface area (Å²) in [6.45, 7) is 0.580. The van der Waals surface area contributed by atoms with Crippen molar-refractivity contribution in [2.45, 2.75) is 18.9 Å². The first kappa shape index (κ1) is 10.8. The summed E-state index contributed by atoms with van der Waals surface area (Å²) >= 11 is 3.15. The molecule has 1 unspecified atom stereocenters. The second kappa shape index (κ2) is 4.45. The van der Waals surface area contributed by atoms with E-state index in [-0.39, 0.29) is 17.7 Å². The minimum absolute atomic E-state index is 0.106. The van der Waals surface area contributed by atoms with Crippen molar-refractivity contribution in [1.82, 2.24) is 4.98 Å². The van der Waals surface area contributed by atoms with Gasteiger partial charge in [-0.2, -0.15) is 0 Å². The lowest BCUT2D eigenvalue weighted by molar-refractivity contribution is 0.602. The fourth-order valence-electron chi connectivity index (χ4n) is 1.45. The molecule has 1 aliphatic carbocycles. The van der Waals surface area contributed by atoms with E-state index in [0.717, 1.165) is 0 Å². The van der Waals surface area contributed by atoms with Crippen molar-refractivity contribution in [1.29, 1.82) is 0 Å². The lowest BCUT2D eigenvalue weighted by Gasteiger charge is -2.12. The van der Waals surface area contributed by atoms with E-state index in [9.17, 15) is 4.39 Å². The molecule has 0 saturated heterocycles. The van der Waals surface area contributed by atoms with Crippen LogP contribution in [0.15, 0.2) is 16.7 Å². The zero-order valence-corrected chi connectivity index (χ0v) is 9.80. The van der Waals surface area contributed by atoms with Crippen molar-refractivity contribution in [3.05, 3.63) is 22.6 Å². The molecule has 15 heavy (non-hydrogen) atoms. The van der Waals surface area contributed by atoms with Crippen molar-refractivity contribution < 1.29 is 4.39 Å². The summed E-state index contributed by atoms with van der Waals surface area (Å²) < 4.78 is 14.0. The summed E-state index contributed by atoms with van der Waals surface area (Å²) in [6.07, 6.45) is 3.95. The summed E-state index contributed by atoms with van der Waals surface area (Å²) in [5.74, 6) is 0.526. The van der Waals surface area contributed by atoms with E-state index in [1.807, 2.05) is 0 Å². The van der Waals surface area contributed by atoms with Crippen molar-refractivity contribution >= 4 is 21.7 Å². The monoisotopic (exact) mass is 273 g/mol. The number of hydrogen-bond acceptors (Lipinski definition) is 3. The number of anilines is 1. The first-order valence-corrected chi connectivity index (χ1v) is 5.76. The first-order valence-electron chi connectivity index (χ1n) is 4.97.